The van der Waals surface area contributed by atoms with Crippen molar-refractivity contribution < 1.29 is 9.90 Å². The van der Waals surface area contributed by atoms with Gasteiger partial charge in [0.05, 0.1) is 0 Å². The molecule has 0 radical (unpaired) electrons. The van der Waals surface area contributed by atoms with E-state index in [0.717, 1.165) is 12.2 Å². The molecule has 0 atom stereocenters. The van der Waals surface area contributed by atoms with Gasteiger partial charge in [-0.05, 0) is 13.8 Å². The van der Waals surface area contributed by atoms with Crippen LogP contribution in [-0.2, 0) is 4.79 Å². The van der Waals surface area contributed by atoms with Crippen LogP contribution in [0.5, 0.6) is 0 Å². The molecule has 1 rings (SSSR count). The number of hydrogen-bond donors (Lipinski definition) is 2. The number of carboxylic acid groups (broad SMARTS) is 1. The van der Waals surface area contributed by atoms with Gasteiger partial charge in [-0.1, -0.05) is 0 Å². The number of carboxylic acids is 1. The quantitative estimate of drug-likeness (QED) is 0.768. The van der Waals surface area contributed by atoms with E-state index in [2.05, 4.69) is 15.3 Å². The Morgan fingerprint density at radius 3 is 2.81 bits per heavy atom. The monoisotopic (exact) mass is 224 g/mol. The number of anilines is 2. The van der Waals surface area contributed by atoms with Crippen LogP contribution in [0.15, 0.2) is 6.07 Å². The van der Waals surface area contributed by atoms with E-state index in [1.165, 1.54) is 0 Å². The summed E-state index contributed by atoms with van der Waals surface area (Å²) in [7, 11) is 1.69. The molecule has 0 saturated heterocycles. The molecule has 1 aromatic rings. The van der Waals surface area contributed by atoms with Crippen LogP contribution in [0.3, 0.4) is 0 Å². The van der Waals surface area contributed by atoms with Gasteiger partial charge in [-0.3, -0.25) is 4.79 Å². The zero-order valence-electron chi connectivity index (χ0n) is 9.69. The molecule has 0 fully saturated rings. The van der Waals surface area contributed by atoms with E-state index in [1.54, 1.807) is 18.0 Å². The molecule has 2 N–H and O–H groups in total. The van der Waals surface area contributed by atoms with E-state index >= 15 is 0 Å². The number of rotatable bonds is 5. The summed E-state index contributed by atoms with van der Waals surface area (Å²) >= 11 is 0. The zero-order chi connectivity index (χ0) is 12.1. The molecule has 1 aromatic heterocycles. The van der Waals surface area contributed by atoms with Crippen LogP contribution in [0.2, 0.25) is 0 Å². The van der Waals surface area contributed by atoms with Crippen molar-refractivity contribution in [1.29, 1.82) is 0 Å². The second-order valence-electron chi connectivity index (χ2n) is 3.47. The summed E-state index contributed by atoms with van der Waals surface area (Å²) in [5.74, 6) is 0.240. The maximum Gasteiger partial charge on any atom is 0.323 e. The lowest BCUT2D eigenvalue weighted by atomic mass is 10.4. The van der Waals surface area contributed by atoms with Gasteiger partial charge in [0.15, 0.2) is 0 Å². The minimum Gasteiger partial charge on any atom is -0.480 e. The summed E-state index contributed by atoms with van der Waals surface area (Å²) in [6, 6.07) is 1.75. The lowest BCUT2D eigenvalue weighted by molar-refractivity contribution is -0.135. The van der Waals surface area contributed by atoms with Gasteiger partial charge in [0.2, 0.25) is 5.95 Å². The second-order valence-corrected chi connectivity index (χ2v) is 3.47. The number of aryl methyl sites for hydroxylation is 1. The lowest BCUT2D eigenvalue weighted by Gasteiger charge is -2.16. The molecule has 6 nitrogen and oxygen atoms in total. The highest BCUT2D eigenvalue weighted by Crippen LogP contribution is 2.12. The number of hydrogen-bond acceptors (Lipinski definition) is 5. The number of carbonyl (C=O) groups is 1. The number of likely N-dealkylation sites (N-methyl/N-ethyl adjacent to an activating group) is 1. The molecule has 0 aliphatic heterocycles. The third kappa shape index (κ3) is 3.38. The third-order valence-electron chi connectivity index (χ3n) is 1.94. The van der Waals surface area contributed by atoms with Gasteiger partial charge in [-0.25, -0.2) is 4.98 Å². The van der Waals surface area contributed by atoms with Crippen molar-refractivity contribution in [3.05, 3.63) is 11.8 Å². The molecular weight excluding hydrogens is 208 g/mol. The van der Waals surface area contributed by atoms with Crippen LogP contribution in [0.25, 0.3) is 0 Å². The van der Waals surface area contributed by atoms with Crippen LogP contribution in [-0.4, -0.2) is 41.2 Å². The van der Waals surface area contributed by atoms with Crippen LogP contribution in [0.4, 0.5) is 11.8 Å². The average molecular weight is 224 g/mol. The Labute approximate surface area is 94.3 Å². The first-order valence-electron chi connectivity index (χ1n) is 5.05. The molecule has 6 heteroatoms. The minimum atomic E-state index is -0.885. The maximum absolute atomic E-state index is 10.6. The fourth-order valence-electron chi connectivity index (χ4n) is 1.27. The van der Waals surface area contributed by atoms with E-state index in [4.69, 9.17) is 5.11 Å². The highest BCUT2D eigenvalue weighted by molar-refractivity contribution is 5.73. The van der Waals surface area contributed by atoms with Gasteiger partial charge >= 0.3 is 5.97 Å². The maximum atomic E-state index is 10.6. The third-order valence-corrected chi connectivity index (χ3v) is 1.94. The molecule has 0 aliphatic carbocycles. The van der Waals surface area contributed by atoms with Crippen molar-refractivity contribution in [2.45, 2.75) is 13.8 Å². The SMILES string of the molecule is CCNc1nc(C)cc(N(C)CC(=O)O)n1. The fraction of sp³-hybridized carbons (Fsp3) is 0.500. The summed E-state index contributed by atoms with van der Waals surface area (Å²) in [5.41, 5.74) is 0.804. The Morgan fingerprint density at radius 1 is 1.56 bits per heavy atom. The van der Waals surface area contributed by atoms with Gasteiger partial charge in [-0.2, -0.15) is 4.98 Å². The Balaban J connectivity index is 2.90. The average Bonchev–Trinajstić information content (AvgIpc) is 2.16. The summed E-state index contributed by atoms with van der Waals surface area (Å²) < 4.78 is 0. The highest BCUT2D eigenvalue weighted by atomic mass is 16.4. The second kappa shape index (κ2) is 5.29. The van der Waals surface area contributed by atoms with Crippen molar-refractivity contribution in [3.63, 3.8) is 0 Å². The fourth-order valence-corrected chi connectivity index (χ4v) is 1.27. The number of nitrogens with zero attached hydrogens (tertiary/aromatic N) is 3. The van der Waals surface area contributed by atoms with Crippen molar-refractivity contribution in [2.75, 3.05) is 30.4 Å². The van der Waals surface area contributed by atoms with Crippen molar-refractivity contribution in [2.24, 2.45) is 0 Å². The first-order valence-corrected chi connectivity index (χ1v) is 5.05. The molecule has 16 heavy (non-hydrogen) atoms. The number of aromatic nitrogens is 2. The Morgan fingerprint density at radius 2 is 2.25 bits per heavy atom. The van der Waals surface area contributed by atoms with E-state index in [0.29, 0.717) is 11.8 Å². The van der Waals surface area contributed by atoms with Gasteiger partial charge in [0.1, 0.15) is 12.4 Å². The molecule has 0 spiro atoms. The Kier molecular flexibility index (Phi) is 4.04. The van der Waals surface area contributed by atoms with E-state index < -0.39 is 5.97 Å². The van der Waals surface area contributed by atoms with Crippen LogP contribution >= 0.6 is 0 Å². The molecule has 0 aliphatic rings. The lowest BCUT2D eigenvalue weighted by Crippen LogP contribution is -2.26. The summed E-state index contributed by atoms with van der Waals surface area (Å²) in [6.07, 6.45) is 0. The largest absolute Gasteiger partial charge is 0.480 e. The van der Waals surface area contributed by atoms with E-state index in [-0.39, 0.29) is 6.54 Å². The molecule has 0 bridgehead atoms. The molecule has 0 amide bonds. The van der Waals surface area contributed by atoms with Crippen molar-refractivity contribution >= 4 is 17.7 Å². The van der Waals surface area contributed by atoms with Gasteiger partial charge in [-0.15, -0.1) is 0 Å². The first kappa shape index (κ1) is 12.2. The normalized spacial score (nSPS) is 9.94. The highest BCUT2D eigenvalue weighted by Gasteiger charge is 2.09. The van der Waals surface area contributed by atoms with Gasteiger partial charge in [0, 0.05) is 25.4 Å². The van der Waals surface area contributed by atoms with Gasteiger partial charge < -0.3 is 15.3 Å². The van der Waals surface area contributed by atoms with E-state index in [1.807, 2.05) is 13.8 Å². The zero-order valence-corrected chi connectivity index (χ0v) is 9.69. The predicted molar refractivity (Wildman–Crippen MR) is 61.8 cm³/mol. The molecule has 0 unspecified atom stereocenters. The smallest absolute Gasteiger partial charge is 0.323 e. The summed E-state index contributed by atoms with van der Waals surface area (Å²) in [5, 5.41) is 11.7. The molecular formula is C10H16N4O2. The predicted octanol–water partition coefficient (Wildman–Crippen LogP) is 0.738. The van der Waals surface area contributed by atoms with Gasteiger partial charge in [0.25, 0.3) is 0 Å². The van der Waals surface area contributed by atoms with Crippen molar-refractivity contribution in [3.8, 4) is 0 Å². The van der Waals surface area contributed by atoms with E-state index in [9.17, 15) is 4.79 Å². The van der Waals surface area contributed by atoms with Crippen LogP contribution in [0.1, 0.15) is 12.6 Å². The first-order chi connectivity index (χ1) is 7.52. The number of aliphatic carboxylic acids is 1. The molecule has 0 saturated carbocycles. The van der Waals surface area contributed by atoms with Crippen LogP contribution < -0.4 is 10.2 Å². The minimum absolute atomic E-state index is 0.0813. The Hall–Kier alpha value is -1.85. The van der Waals surface area contributed by atoms with Crippen molar-refractivity contribution in [1.82, 2.24) is 9.97 Å². The summed E-state index contributed by atoms with van der Waals surface area (Å²) in [6.45, 7) is 4.44. The topological polar surface area (TPSA) is 78.4 Å². The molecule has 88 valence electrons. The molecule has 1 heterocycles. The summed E-state index contributed by atoms with van der Waals surface area (Å²) in [4.78, 5) is 20.6. The molecule has 0 aromatic carbocycles. The standard InChI is InChI=1S/C10H16N4O2/c1-4-11-10-12-7(2)5-8(13-10)14(3)6-9(15)16/h5H,4,6H2,1-3H3,(H,15,16)(H,11,12,13). The Bertz CT molecular complexity index is 381. The van der Waals surface area contributed by atoms with Crippen LogP contribution in [0, 0.1) is 6.92 Å². The number of nitrogens with one attached hydrogen (secondary N) is 1.